The van der Waals surface area contributed by atoms with Gasteiger partial charge in [-0.15, -0.1) is 0 Å². The number of amides is 1. The standard InChI is InChI=1S/C21H22Cl3NO4S/c1-13-7-18(8-14(2)21(13)24)29-11-20(26)25(17-5-6-30(27,28)12-17)10-15-3-4-16(22)9-19(15)23/h3-4,7-9,17H,5-6,10-12H2,1-2H3/t17-/m1/s1. The SMILES string of the molecule is Cc1cc(OCC(=O)N(Cc2ccc(Cl)cc2Cl)[C@@H]2CCS(=O)(=O)C2)cc(C)c1Cl. The summed E-state index contributed by atoms with van der Waals surface area (Å²) in [5.74, 6) is 0.217. The van der Waals surface area contributed by atoms with Crippen molar-refractivity contribution in [2.45, 2.75) is 32.9 Å². The number of sulfone groups is 1. The summed E-state index contributed by atoms with van der Waals surface area (Å²) in [6.07, 6.45) is 0.387. The van der Waals surface area contributed by atoms with Crippen molar-refractivity contribution in [1.29, 1.82) is 0 Å². The van der Waals surface area contributed by atoms with Crippen molar-refractivity contribution in [3.05, 3.63) is 62.1 Å². The summed E-state index contributed by atoms with van der Waals surface area (Å²) in [4.78, 5) is 14.6. The first-order chi connectivity index (χ1) is 14.1. The molecular weight excluding hydrogens is 469 g/mol. The summed E-state index contributed by atoms with van der Waals surface area (Å²) in [6.45, 7) is 3.68. The van der Waals surface area contributed by atoms with Crippen molar-refractivity contribution in [3.63, 3.8) is 0 Å². The number of carbonyl (C=O) groups excluding carboxylic acids is 1. The predicted molar refractivity (Wildman–Crippen MR) is 120 cm³/mol. The highest BCUT2D eigenvalue weighted by Gasteiger charge is 2.35. The maximum absolute atomic E-state index is 13.0. The highest BCUT2D eigenvalue weighted by Crippen LogP contribution is 2.28. The molecule has 2 aromatic carbocycles. The highest BCUT2D eigenvalue weighted by molar-refractivity contribution is 7.91. The Kier molecular flexibility index (Phi) is 7.23. The smallest absolute Gasteiger partial charge is 0.261 e. The van der Waals surface area contributed by atoms with Crippen LogP contribution < -0.4 is 4.74 Å². The molecule has 0 N–H and O–H groups in total. The second kappa shape index (κ2) is 9.35. The number of carbonyl (C=O) groups is 1. The molecule has 1 heterocycles. The molecule has 0 aromatic heterocycles. The molecule has 0 bridgehead atoms. The van der Waals surface area contributed by atoms with E-state index in [1.54, 1.807) is 30.3 Å². The third-order valence-electron chi connectivity index (χ3n) is 5.10. The summed E-state index contributed by atoms with van der Waals surface area (Å²) in [7, 11) is -3.17. The molecule has 2 aromatic rings. The molecule has 1 atom stereocenters. The number of halogens is 3. The van der Waals surface area contributed by atoms with Gasteiger partial charge in [0.2, 0.25) is 0 Å². The highest BCUT2D eigenvalue weighted by atomic mass is 35.5. The summed E-state index contributed by atoms with van der Waals surface area (Å²) in [5.41, 5.74) is 2.40. The van der Waals surface area contributed by atoms with Gasteiger partial charge in [-0.1, -0.05) is 40.9 Å². The van der Waals surface area contributed by atoms with E-state index < -0.39 is 15.9 Å². The van der Waals surface area contributed by atoms with E-state index in [4.69, 9.17) is 39.5 Å². The van der Waals surface area contributed by atoms with Crippen LogP contribution in [0.4, 0.5) is 0 Å². The first-order valence-electron chi connectivity index (χ1n) is 9.39. The van der Waals surface area contributed by atoms with Crippen LogP contribution in [0.25, 0.3) is 0 Å². The lowest BCUT2D eigenvalue weighted by molar-refractivity contribution is -0.136. The van der Waals surface area contributed by atoms with Gasteiger partial charge in [0.25, 0.3) is 5.91 Å². The van der Waals surface area contributed by atoms with Gasteiger partial charge in [-0.3, -0.25) is 4.79 Å². The first-order valence-corrected chi connectivity index (χ1v) is 12.3. The third kappa shape index (κ3) is 5.61. The monoisotopic (exact) mass is 489 g/mol. The maximum Gasteiger partial charge on any atom is 0.261 e. The Balaban J connectivity index is 1.79. The van der Waals surface area contributed by atoms with E-state index in [-0.39, 0.29) is 30.6 Å². The van der Waals surface area contributed by atoms with Crippen LogP contribution >= 0.6 is 34.8 Å². The second-order valence-electron chi connectivity index (χ2n) is 7.47. The fourth-order valence-corrected chi connectivity index (χ4v) is 5.80. The molecule has 0 radical (unpaired) electrons. The van der Waals surface area contributed by atoms with Gasteiger partial charge in [-0.05, 0) is 61.2 Å². The van der Waals surface area contributed by atoms with E-state index in [0.717, 1.165) is 11.1 Å². The average Bonchev–Trinajstić information content (AvgIpc) is 3.03. The average molecular weight is 491 g/mol. The number of rotatable bonds is 6. The van der Waals surface area contributed by atoms with E-state index in [2.05, 4.69) is 0 Å². The van der Waals surface area contributed by atoms with Gasteiger partial charge in [-0.2, -0.15) is 0 Å². The number of ether oxygens (including phenoxy) is 1. The Labute approximate surface area is 191 Å². The van der Waals surface area contributed by atoms with Gasteiger partial charge < -0.3 is 9.64 Å². The normalized spacial score (nSPS) is 17.7. The minimum atomic E-state index is -3.17. The minimum absolute atomic E-state index is 0.0617. The molecule has 5 nitrogen and oxygen atoms in total. The van der Waals surface area contributed by atoms with Crippen LogP contribution in [-0.4, -0.2) is 43.4 Å². The maximum atomic E-state index is 13.0. The summed E-state index contributed by atoms with van der Waals surface area (Å²) in [6, 6.07) is 8.13. The van der Waals surface area contributed by atoms with Gasteiger partial charge in [0.1, 0.15) is 5.75 Å². The molecule has 30 heavy (non-hydrogen) atoms. The number of benzene rings is 2. The molecule has 1 amide bonds. The Hall–Kier alpha value is -1.47. The Morgan fingerprint density at radius 1 is 1.13 bits per heavy atom. The first kappa shape index (κ1) is 23.2. The Morgan fingerprint density at radius 3 is 2.37 bits per heavy atom. The van der Waals surface area contributed by atoms with Gasteiger partial charge in [0, 0.05) is 27.7 Å². The van der Waals surface area contributed by atoms with Crippen LogP contribution in [0.1, 0.15) is 23.1 Å². The zero-order valence-electron chi connectivity index (χ0n) is 16.6. The van der Waals surface area contributed by atoms with E-state index in [0.29, 0.717) is 32.8 Å². The van der Waals surface area contributed by atoms with Gasteiger partial charge in [0.15, 0.2) is 16.4 Å². The Morgan fingerprint density at radius 2 is 1.80 bits per heavy atom. The van der Waals surface area contributed by atoms with Crippen LogP contribution in [0.15, 0.2) is 30.3 Å². The molecule has 1 saturated heterocycles. The van der Waals surface area contributed by atoms with Crippen molar-refractivity contribution >= 4 is 50.5 Å². The van der Waals surface area contributed by atoms with Crippen LogP contribution in [0, 0.1) is 13.8 Å². The molecule has 3 rings (SSSR count). The molecule has 9 heteroatoms. The summed E-state index contributed by atoms with van der Waals surface area (Å²) < 4.78 is 29.7. The number of hydrogen-bond donors (Lipinski definition) is 0. The molecule has 162 valence electrons. The fourth-order valence-electron chi connectivity index (χ4n) is 3.49. The largest absolute Gasteiger partial charge is 0.484 e. The molecular formula is C21H22Cl3NO4S. The lowest BCUT2D eigenvalue weighted by Gasteiger charge is -2.29. The second-order valence-corrected chi connectivity index (χ2v) is 10.9. The lowest BCUT2D eigenvalue weighted by atomic mass is 10.1. The van der Waals surface area contributed by atoms with Gasteiger partial charge in [0.05, 0.1) is 11.5 Å². The number of aryl methyl sites for hydroxylation is 2. The fraction of sp³-hybridized carbons (Fsp3) is 0.381. The minimum Gasteiger partial charge on any atom is -0.484 e. The molecule has 1 fully saturated rings. The topological polar surface area (TPSA) is 63.7 Å². The quantitative estimate of drug-likeness (QED) is 0.580. The van der Waals surface area contributed by atoms with Crippen LogP contribution in [0.5, 0.6) is 5.75 Å². The van der Waals surface area contributed by atoms with Crippen LogP contribution in [0.3, 0.4) is 0 Å². The van der Waals surface area contributed by atoms with Crippen molar-refractivity contribution in [2.75, 3.05) is 18.1 Å². The van der Waals surface area contributed by atoms with Crippen molar-refractivity contribution in [2.24, 2.45) is 0 Å². The van der Waals surface area contributed by atoms with Crippen LogP contribution in [-0.2, 0) is 21.2 Å². The third-order valence-corrected chi connectivity index (χ3v) is 8.03. The van der Waals surface area contributed by atoms with E-state index >= 15 is 0 Å². The molecule has 0 aliphatic carbocycles. The Bertz CT molecular complexity index is 1050. The summed E-state index contributed by atoms with van der Waals surface area (Å²) in [5, 5.41) is 1.57. The summed E-state index contributed by atoms with van der Waals surface area (Å²) >= 11 is 18.4. The van der Waals surface area contributed by atoms with E-state index in [1.165, 1.54) is 4.90 Å². The van der Waals surface area contributed by atoms with Crippen molar-refractivity contribution in [3.8, 4) is 5.75 Å². The molecule has 1 aliphatic heterocycles. The molecule has 1 aliphatic rings. The molecule has 0 spiro atoms. The lowest BCUT2D eigenvalue weighted by Crippen LogP contribution is -2.43. The van der Waals surface area contributed by atoms with E-state index in [1.807, 2.05) is 13.8 Å². The number of hydrogen-bond acceptors (Lipinski definition) is 4. The predicted octanol–water partition coefficient (Wildman–Crippen LogP) is 4.86. The van der Waals surface area contributed by atoms with Crippen LogP contribution in [0.2, 0.25) is 15.1 Å². The van der Waals surface area contributed by atoms with Crippen molar-refractivity contribution in [1.82, 2.24) is 4.90 Å². The molecule has 0 unspecified atom stereocenters. The molecule has 0 saturated carbocycles. The van der Waals surface area contributed by atoms with Gasteiger partial charge in [-0.25, -0.2) is 8.42 Å². The zero-order chi connectivity index (χ0) is 22.1. The number of nitrogens with zero attached hydrogens (tertiary/aromatic N) is 1. The van der Waals surface area contributed by atoms with Crippen molar-refractivity contribution < 1.29 is 17.9 Å². The van der Waals surface area contributed by atoms with E-state index in [9.17, 15) is 13.2 Å². The zero-order valence-corrected chi connectivity index (χ0v) is 19.7. The van der Waals surface area contributed by atoms with Gasteiger partial charge >= 0.3 is 0 Å².